The minimum absolute atomic E-state index is 0.264. The molecule has 0 aliphatic carbocycles. The molecule has 0 unspecified atom stereocenters. The number of carbonyl (C=O) groups is 2. The maximum absolute atomic E-state index is 13.7. The molecule has 0 radical (unpaired) electrons. The molecule has 110 valence electrons. The zero-order valence-electron chi connectivity index (χ0n) is 11.8. The zero-order valence-corrected chi connectivity index (χ0v) is 11.8. The molecule has 1 aromatic carbocycles. The van der Waals surface area contributed by atoms with Crippen LogP contribution in [0.1, 0.15) is 31.1 Å². The van der Waals surface area contributed by atoms with Crippen LogP contribution in [0.25, 0.3) is 0 Å². The van der Waals surface area contributed by atoms with Crippen LogP contribution in [0.15, 0.2) is 18.2 Å². The summed E-state index contributed by atoms with van der Waals surface area (Å²) in [6, 6.07) is 3.15. The van der Waals surface area contributed by atoms with Gasteiger partial charge in [0.05, 0.1) is 11.3 Å². The maximum Gasteiger partial charge on any atom is 0.337 e. The predicted octanol–water partition coefficient (Wildman–Crippen LogP) is 3.03. The number of hydrogen-bond acceptors (Lipinski definition) is 2. The van der Waals surface area contributed by atoms with Gasteiger partial charge < -0.3 is 15.3 Å². The number of carboxylic acids is 1. The normalized spacial score (nSPS) is 10.4. The van der Waals surface area contributed by atoms with Crippen LogP contribution in [0.2, 0.25) is 0 Å². The van der Waals surface area contributed by atoms with Gasteiger partial charge in [0.25, 0.3) is 0 Å². The number of nitrogens with zero attached hydrogens (tertiary/aromatic N) is 1. The summed E-state index contributed by atoms with van der Waals surface area (Å²) in [4.78, 5) is 24.6. The molecule has 20 heavy (non-hydrogen) atoms. The smallest absolute Gasteiger partial charge is 0.337 e. The molecule has 2 amide bonds. The van der Waals surface area contributed by atoms with Crippen LogP contribution in [-0.4, -0.2) is 35.1 Å². The van der Waals surface area contributed by atoms with Crippen LogP contribution in [0.3, 0.4) is 0 Å². The standard InChI is InChI=1S/C14H19FN2O3/c1-4-17(8-9(2)3)14(20)16-12-10(13(18)19)6-5-7-11(12)15/h5-7,9H,4,8H2,1-3H3,(H,16,20)(H,18,19). The third-order valence-electron chi connectivity index (χ3n) is 2.73. The van der Waals surface area contributed by atoms with Crippen molar-refractivity contribution in [1.29, 1.82) is 0 Å². The van der Waals surface area contributed by atoms with Gasteiger partial charge in [-0.05, 0) is 25.0 Å². The highest BCUT2D eigenvalue weighted by Gasteiger charge is 2.19. The summed E-state index contributed by atoms with van der Waals surface area (Å²) < 4.78 is 13.7. The van der Waals surface area contributed by atoms with Crippen molar-refractivity contribution >= 4 is 17.7 Å². The SMILES string of the molecule is CCN(CC(C)C)C(=O)Nc1c(F)cccc1C(=O)O. The Labute approximate surface area is 117 Å². The molecular weight excluding hydrogens is 263 g/mol. The van der Waals surface area contributed by atoms with Gasteiger partial charge in [0.1, 0.15) is 5.82 Å². The number of nitrogens with one attached hydrogen (secondary N) is 1. The molecule has 0 saturated carbocycles. The number of amides is 2. The molecule has 0 bridgehead atoms. The average molecular weight is 282 g/mol. The number of halogens is 1. The van der Waals surface area contributed by atoms with E-state index in [-0.39, 0.29) is 17.2 Å². The average Bonchev–Trinajstić information content (AvgIpc) is 2.37. The van der Waals surface area contributed by atoms with Crippen molar-refractivity contribution < 1.29 is 19.1 Å². The molecule has 1 rings (SSSR count). The van der Waals surface area contributed by atoms with Gasteiger partial charge in [-0.3, -0.25) is 0 Å². The largest absolute Gasteiger partial charge is 0.478 e. The van der Waals surface area contributed by atoms with Crippen LogP contribution >= 0.6 is 0 Å². The van der Waals surface area contributed by atoms with Gasteiger partial charge in [0, 0.05) is 13.1 Å². The number of rotatable bonds is 5. The van der Waals surface area contributed by atoms with Crippen LogP contribution in [-0.2, 0) is 0 Å². The fourth-order valence-corrected chi connectivity index (χ4v) is 1.81. The van der Waals surface area contributed by atoms with E-state index in [1.54, 1.807) is 6.92 Å². The third-order valence-corrected chi connectivity index (χ3v) is 2.73. The van der Waals surface area contributed by atoms with E-state index in [0.29, 0.717) is 13.1 Å². The summed E-state index contributed by atoms with van der Waals surface area (Å²) in [7, 11) is 0. The van der Waals surface area contributed by atoms with Gasteiger partial charge in [-0.15, -0.1) is 0 Å². The highest BCUT2D eigenvalue weighted by molar-refractivity contribution is 6.00. The highest BCUT2D eigenvalue weighted by Crippen LogP contribution is 2.20. The zero-order chi connectivity index (χ0) is 15.3. The quantitative estimate of drug-likeness (QED) is 0.872. The molecule has 1 aromatic rings. The van der Waals surface area contributed by atoms with Crippen molar-refractivity contribution in [3.8, 4) is 0 Å². The summed E-state index contributed by atoms with van der Waals surface area (Å²) in [5.41, 5.74) is -0.564. The molecule has 2 N–H and O–H groups in total. The first-order valence-electron chi connectivity index (χ1n) is 6.44. The molecular formula is C14H19FN2O3. The first kappa shape index (κ1) is 15.9. The van der Waals surface area contributed by atoms with Gasteiger partial charge in [0.2, 0.25) is 0 Å². The summed E-state index contributed by atoms with van der Waals surface area (Å²) >= 11 is 0. The number of carbonyl (C=O) groups excluding carboxylic acids is 1. The van der Waals surface area contributed by atoms with E-state index in [1.807, 2.05) is 13.8 Å². The lowest BCUT2D eigenvalue weighted by Crippen LogP contribution is -2.37. The van der Waals surface area contributed by atoms with Crippen LogP contribution in [0.5, 0.6) is 0 Å². The van der Waals surface area contributed by atoms with E-state index in [4.69, 9.17) is 5.11 Å². The second-order valence-corrected chi connectivity index (χ2v) is 4.83. The maximum atomic E-state index is 13.7. The summed E-state index contributed by atoms with van der Waals surface area (Å²) in [6.07, 6.45) is 0. The van der Waals surface area contributed by atoms with Crippen LogP contribution < -0.4 is 5.32 Å². The van der Waals surface area contributed by atoms with Gasteiger partial charge >= 0.3 is 12.0 Å². The first-order chi connectivity index (χ1) is 9.36. The Hall–Kier alpha value is -2.11. The van der Waals surface area contributed by atoms with E-state index in [1.165, 1.54) is 17.0 Å². The van der Waals surface area contributed by atoms with Crippen molar-refractivity contribution in [3.05, 3.63) is 29.6 Å². The van der Waals surface area contributed by atoms with Crippen LogP contribution in [0, 0.1) is 11.7 Å². The topological polar surface area (TPSA) is 69.6 Å². The van der Waals surface area contributed by atoms with Gasteiger partial charge in [0.15, 0.2) is 0 Å². The fourth-order valence-electron chi connectivity index (χ4n) is 1.81. The Morgan fingerprint density at radius 3 is 2.55 bits per heavy atom. The van der Waals surface area contributed by atoms with Crippen LogP contribution in [0.4, 0.5) is 14.9 Å². The van der Waals surface area contributed by atoms with E-state index >= 15 is 0 Å². The number of para-hydroxylation sites is 1. The molecule has 0 heterocycles. The lowest BCUT2D eigenvalue weighted by Gasteiger charge is -2.23. The summed E-state index contributed by atoms with van der Waals surface area (Å²) in [5.74, 6) is -1.79. The van der Waals surface area contributed by atoms with E-state index in [2.05, 4.69) is 5.32 Å². The Kier molecular flexibility index (Phi) is 5.49. The van der Waals surface area contributed by atoms with Gasteiger partial charge in [-0.25, -0.2) is 14.0 Å². The van der Waals surface area contributed by atoms with E-state index in [0.717, 1.165) is 6.07 Å². The van der Waals surface area contributed by atoms with E-state index in [9.17, 15) is 14.0 Å². The number of hydrogen-bond donors (Lipinski definition) is 2. The first-order valence-corrected chi connectivity index (χ1v) is 6.44. The van der Waals surface area contributed by atoms with Crippen molar-refractivity contribution in [1.82, 2.24) is 4.90 Å². The molecule has 0 aliphatic heterocycles. The number of anilines is 1. The second kappa shape index (κ2) is 6.88. The Bertz CT molecular complexity index is 503. The van der Waals surface area contributed by atoms with Crippen molar-refractivity contribution in [2.24, 2.45) is 5.92 Å². The molecule has 0 aromatic heterocycles. The number of urea groups is 1. The minimum atomic E-state index is -1.29. The molecule has 0 fully saturated rings. The molecule has 0 saturated heterocycles. The lowest BCUT2D eigenvalue weighted by molar-refractivity contribution is 0.0697. The Balaban J connectivity index is 2.97. The second-order valence-electron chi connectivity index (χ2n) is 4.83. The molecule has 0 aliphatic rings. The summed E-state index contributed by atoms with van der Waals surface area (Å²) in [5, 5.41) is 11.4. The Morgan fingerprint density at radius 1 is 1.40 bits per heavy atom. The molecule has 6 heteroatoms. The third kappa shape index (κ3) is 3.94. The van der Waals surface area contributed by atoms with Crippen molar-refractivity contribution in [2.45, 2.75) is 20.8 Å². The fraction of sp³-hybridized carbons (Fsp3) is 0.429. The van der Waals surface area contributed by atoms with Gasteiger partial charge in [-0.2, -0.15) is 0 Å². The van der Waals surface area contributed by atoms with Crippen molar-refractivity contribution in [2.75, 3.05) is 18.4 Å². The summed E-state index contributed by atoms with van der Waals surface area (Å²) in [6.45, 7) is 6.70. The Morgan fingerprint density at radius 2 is 2.05 bits per heavy atom. The number of carboxylic acid groups (broad SMARTS) is 1. The molecule has 5 nitrogen and oxygen atoms in total. The van der Waals surface area contributed by atoms with Gasteiger partial charge in [-0.1, -0.05) is 19.9 Å². The predicted molar refractivity (Wildman–Crippen MR) is 74.5 cm³/mol. The minimum Gasteiger partial charge on any atom is -0.478 e. The molecule has 0 spiro atoms. The lowest BCUT2D eigenvalue weighted by atomic mass is 10.1. The van der Waals surface area contributed by atoms with Crippen molar-refractivity contribution in [3.63, 3.8) is 0 Å². The number of benzene rings is 1. The van der Waals surface area contributed by atoms with E-state index < -0.39 is 17.8 Å². The number of aromatic carboxylic acids is 1. The monoisotopic (exact) mass is 282 g/mol. The highest BCUT2D eigenvalue weighted by atomic mass is 19.1. The molecule has 0 atom stereocenters.